The molecule has 33 heavy (non-hydrogen) atoms. The number of rotatable bonds is 7. The summed E-state index contributed by atoms with van der Waals surface area (Å²) in [5.74, 6) is 2.47. The van der Waals surface area contributed by atoms with Crippen LogP contribution in [-0.2, 0) is 0 Å². The molecule has 0 spiro atoms. The van der Waals surface area contributed by atoms with Crippen molar-refractivity contribution < 1.29 is 4.79 Å². The number of nitrogens with zero attached hydrogens (tertiary/aromatic N) is 4. The first kappa shape index (κ1) is 21.8. The van der Waals surface area contributed by atoms with Crippen LogP contribution in [0.3, 0.4) is 0 Å². The number of pyridine rings is 1. The fourth-order valence-corrected chi connectivity index (χ4v) is 3.18. The molecule has 0 aliphatic rings. The molecule has 2 aromatic carbocycles. The van der Waals surface area contributed by atoms with Crippen molar-refractivity contribution in [3.63, 3.8) is 0 Å². The second-order valence-corrected chi connectivity index (χ2v) is 7.63. The molecule has 2 heterocycles. The van der Waals surface area contributed by atoms with Crippen molar-refractivity contribution in [2.24, 2.45) is 0 Å². The van der Waals surface area contributed by atoms with Gasteiger partial charge in [0.1, 0.15) is 23.3 Å². The molecule has 8 nitrogen and oxygen atoms in total. The predicted molar refractivity (Wildman–Crippen MR) is 133 cm³/mol. The van der Waals surface area contributed by atoms with Crippen molar-refractivity contribution in [2.75, 3.05) is 34.9 Å². The summed E-state index contributed by atoms with van der Waals surface area (Å²) in [6.45, 7) is 1.83. The zero-order chi connectivity index (χ0) is 23.2. The van der Waals surface area contributed by atoms with Crippen LogP contribution in [-0.4, -0.2) is 35.0 Å². The Morgan fingerprint density at radius 3 is 2.21 bits per heavy atom. The van der Waals surface area contributed by atoms with Gasteiger partial charge in [0.25, 0.3) is 5.91 Å². The second kappa shape index (κ2) is 9.78. The molecular formula is C25H25N7O. The lowest BCUT2D eigenvalue weighted by molar-refractivity contribution is 0.102. The average Bonchev–Trinajstić information content (AvgIpc) is 2.81. The van der Waals surface area contributed by atoms with E-state index in [-0.39, 0.29) is 5.91 Å². The minimum atomic E-state index is -0.156. The molecule has 4 aromatic rings. The van der Waals surface area contributed by atoms with Gasteiger partial charge in [-0.15, -0.1) is 0 Å². The topological polar surface area (TPSA) is 95.1 Å². The van der Waals surface area contributed by atoms with Crippen LogP contribution in [0.4, 0.5) is 34.5 Å². The lowest BCUT2D eigenvalue weighted by Crippen LogP contribution is -2.14. The van der Waals surface area contributed by atoms with Crippen molar-refractivity contribution in [2.45, 2.75) is 6.92 Å². The maximum atomic E-state index is 12.6. The maximum Gasteiger partial charge on any atom is 0.255 e. The quantitative estimate of drug-likeness (QED) is 0.374. The van der Waals surface area contributed by atoms with Crippen LogP contribution < -0.4 is 20.9 Å². The Morgan fingerprint density at radius 2 is 1.52 bits per heavy atom. The van der Waals surface area contributed by atoms with Gasteiger partial charge in [-0.05, 0) is 61.5 Å². The van der Waals surface area contributed by atoms with E-state index in [0.29, 0.717) is 34.5 Å². The molecule has 4 rings (SSSR count). The van der Waals surface area contributed by atoms with E-state index in [4.69, 9.17) is 0 Å². The number of aryl methyl sites for hydroxylation is 1. The van der Waals surface area contributed by atoms with Gasteiger partial charge >= 0.3 is 0 Å². The van der Waals surface area contributed by atoms with Gasteiger partial charge in [0.15, 0.2) is 0 Å². The summed E-state index contributed by atoms with van der Waals surface area (Å²) < 4.78 is 0. The van der Waals surface area contributed by atoms with Gasteiger partial charge in [0, 0.05) is 49.0 Å². The summed E-state index contributed by atoms with van der Waals surface area (Å²) in [7, 11) is 3.89. The van der Waals surface area contributed by atoms with E-state index in [1.165, 1.54) is 0 Å². The summed E-state index contributed by atoms with van der Waals surface area (Å²) in [6, 6.07) is 22.4. The largest absolute Gasteiger partial charge is 0.378 e. The Bertz CT molecular complexity index is 1240. The van der Waals surface area contributed by atoms with Gasteiger partial charge < -0.3 is 20.9 Å². The van der Waals surface area contributed by atoms with E-state index < -0.39 is 0 Å². The Hall–Kier alpha value is -4.46. The van der Waals surface area contributed by atoms with E-state index in [1.54, 1.807) is 12.3 Å². The number of carbonyl (C=O) groups is 1. The highest BCUT2D eigenvalue weighted by Gasteiger charge is 2.08. The molecule has 1 amide bonds. The molecule has 0 fully saturated rings. The van der Waals surface area contributed by atoms with Crippen LogP contribution in [0.15, 0.2) is 79.0 Å². The van der Waals surface area contributed by atoms with E-state index in [9.17, 15) is 4.79 Å². The fourth-order valence-electron chi connectivity index (χ4n) is 3.18. The lowest BCUT2D eigenvalue weighted by atomic mass is 10.1. The molecule has 0 saturated carbocycles. The van der Waals surface area contributed by atoms with Gasteiger partial charge in [-0.3, -0.25) is 4.79 Å². The van der Waals surface area contributed by atoms with Crippen LogP contribution >= 0.6 is 0 Å². The van der Waals surface area contributed by atoms with Gasteiger partial charge in [0.05, 0.1) is 0 Å². The maximum absolute atomic E-state index is 12.6. The predicted octanol–water partition coefficient (Wildman–Crippen LogP) is 4.99. The van der Waals surface area contributed by atoms with Crippen LogP contribution in [0.1, 0.15) is 16.2 Å². The Labute approximate surface area is 192 Å². The van der Waals surface area contributed by atoms with E-state index in [0.717, 1.165) is 11.4 Å². The number of aromatic nitrogens is 3. The number of hydrogen-bond donors (Lipinski definition) is 3. The molecule has 2 aromatic heterocycles. The molecule has 166 valence electrons. The summed E-state index contributed by atoms with van der Waals surface area (Å²) >= 11 is 0. The number of nitrogens with one attached hydrogen (secondary N) is 3. The highest BCUT2D eigenvalue weighted by atomic mass is 16.1. The van der Waals surface area contributed by atoms with E-state index in [1.807, 2.05) is 92.6 Å². The lowest BCUT2D eigenvalue weighted by Gasteiger charge is -2.14. The monoisotopic (exact) mass is 439 g/mol. The van der Waals surface area contributed by atoms with Gasteiger partial charge in [-0.25, -0.2) is 15.0 Å². The molecule has 0 bridgehead atoms. The van der Waals surface area contributed by atoms with Gasteiger partial charge in [0.2, 0.25) is 0 Å². The van der Waals surface area contributed by atoms with Crippen molar-refractivity contribution in [1.82, 2.24) is 15.0 Å². The zero-order valence-corrected chi connectivity index (χ0v) is 18.7. The summed E-state index contributed by atoms with van der Waals surface area (Å²) in [5.41, 5.74) is 3.12. The molecule has 0 aliphatic heterocycles. The minimum absolute atomic E-state index is 0.156. The minimum Gasteiger partial charge on any atom is -0.378 e. The van der Waals surface area contributed by atoms with E-state index >= 15 is 0 Å². The second-order valence-electron chi connectivity index (χ2n) is 7.63. The molecule has 0 atom stereocenters. The Balaban J connectivity index is 1.42. The van der Waals surface area contributed by atoms with Crippen LogP contribution in [0, 0.1) is 6.92 Å². The first-order chi connectivity index (χ1) is 16.0. The van der Waals surface area contributed by atoms with Crippen molar-refractivity contribution in [3.8, 4) is 0 Å². The number of benzene rings is 2. The third-order valence-electron chi connectivity index (χ3n) is 4.80. The van der Waals surface area contributed by atoms with Gasteiger partial charge in [-0.1, -0.05) is 12.1 Å². The third-order valence-corrected chi connectivity index (χ3v) is 4.80. The molecule has 0 radical (unpaired) electrons. The zero-order valence-electron chi connectivity index (χ0n) is 18.7. The summed E-state index contributed by atoms with van der Waals surface area (Å²) in [6.07, 6.45) is 1.72. The molecule has 0 unspecified atom stereocenters. The van der Waals surface area contributed by atoms with Gasteiger partial charge in [-0.2, -0.15) is 0 Å². The number of amides is 1. The van der Waals surface area contributed by atoms with Crippen molar-refractivity contribution in [1.29, 1.82) is 0 Å². The highest BCUT2D eigenvalue weighted by molar-refractivity contribution is 6.04. The number of hydrogen-bond acceptors (Lipinski definition) is 7. The van der Waals surface area contributed by atoms with Crippen molar-refractivity contribution >= 4 is 40.4 Å². The van der Waals surface area contributed by atoms with Crippen LogP contribution in [0.25, 0.3) is 0 Å². The molecule has 3 N–H and O–H groups in total. The molecule has 8 heteroatoms. The first-order valence-corrected chi connectivity index (χ1v) is 10.5. The average molecular weight is 440 g/mol. The van der Waals surface area contributed by atoms with Crippen LogP contribution in [0.2, 0.25) is 0 Å². The molecular weight excluding hydrogens is 414 g/mol. The SMILES string of the molecule is Cc1nc(Nc2ccc(NC(=O)c3cccc(N(C)C)c3)cc2)cc(Nc2ccccn2)n1. The smallest absolute Gasteiger partial charge is 0.255 e. The van der Waals surface area contributed by atoms with Crippen molar-refractivity contribution in [3.05, 3.63) is 90.4 Å². The standard InChI is InChI=1S/C25H25N7O/c1-17-27-23(16-24(28-17)31-22-9-4-5-14-26-22)29-19-10-12-20(13-11-19)30-25(33)18-7-6-8-21(15-18)32(2)3/h4-16H,1-3H3,(H,30,33)(H2,26,27,28,29,31). The molecule has 0 saturated heterocycles. The molecule has 0 aliphatic carbocycles. The Kier molecular flexibility index (Phi) is 6.45. The highest BCUT2D eigenvalue weighted by Crippen LogP contribution is 2.22. The summed E-state index contributed by atoms with van der Waals surface area (Å²) in [4.78, 5) is 27.7. The summed E-state index contributed by atoms with van der Waals surface area (Å²) in [5, 5.41) is 9.38. The van der Waals surface area contributed by atoms with E-state index in [2.05, 4.69) is 30.9 Å². The fraction of sp³-hybridized carbons (Fsp3) is 0.120. The third kappa shape index (κ3) is 5.82. The van der Waals surface area contributed by atoms with Crippen LogP contribution in [0.5, 0.6) is 0 Å². The Morgan fingerprint density at radius 1 is 0.788 bits per heavy atom. The first-order valence-electron chi connectivity index (χ1n) is 10.5. The normalized spacial score (nSPS) is 10.4. The number of anilines is 6. The number of carbonyl (C=O) groups excluding carboxylic acids is 1.